The number of hydrogen-bond acceptors (Lipinski definition) is 3. The average Bonchev–Trinajstić information content (AvgIpc) is 2.98. The molecule has 7 heteroatoms. The third-order valence-corrected chi connectivity index (χ3v) is 4.15. The Bertz CT molecular complexity index is 781. The summed E-state index contributed by atoms with van der Waals surface area (Å²) in [5.74, 6) is 0.692. The second-order valence-electron chi connectivity index (χ2n) is 6.42. The van der Waals surface area contributed by atoms with Crippen LogP contribution in [0.2, 0.25) is 0 Å². The van der Waals surface area contributed by atoms with Crippen molar-refractivity contribution in [1.29, 1.82) is 0 Å². The highest BCUT2D eigenvalue weighted by Gasteiger charge is 2.05. The van der Waals surface area contributed by atoms with E-state index in [9.17, 15) is 4.79 Å². The van der Waals surface area contributed by atoms with Gasteiger partial charge in [0.25, 0.3) is 5.91 Å². The zero-order valence-corrected chi connectivity index (χ0v) is 16.7. The van der Waals surface area contributed by atoms with Crippen molar-refractivity contribution in [2.75, 3.05) is 20.1 Å². The molecule has 146 valence electrons. The van der Waals surface area contributed by atoms with Crippen LogP contribution in [-0.4, -0.2) is 41.8 Å². The Morgan fingerprint density at radius 1 is 1.19 bits per heavy atom. The molecule has 0 bridgehead atoms. The molecular formula is C20H30N6O. The highest BCUT2D eigenvalue weighted by Crippen LogP contribution is 2.05. The number of nitrogens with zero attached hydrogens (tertiary/aromatic N) is 3. The molecule has 7 nitrogen and oxygen atoms in total. The van der Waals surface area contributed by atoms with Gasteiger partial charge in [-0.05, 0) is 51.0 Å². The lowest BCUT2D eigenvalue weighted by atomic mass is 10.1. The molecule has 27 heavy (non-hydrogen) atoms. The Kier molecular flexibility index (Phi) is 7.85. The van der Waals surface area contributed by atoms with Crippen LogP contribution in [0.15, 0.2) is 35.3 Å². The van der Waals surface area contributed by atoms with Gasteiger partial charge in [-0.15, -0.1) is 0 Å². The van der Waals surface area contributed by atoms with Crippen LogP contribution in [0.1, 0.15) is 40.7 Å². The number of aliphatic imine (C=N–C) groups is 1. The van der Waals surface area contributed by atoms with Crippen LogP contribution in [0.25, 0.3) is 0 Å². The topological polar surface area (TPSA) is 83.3 Å². The summed E-state index contributed by atoms with van der Waals surface area (Å²) in [4.78, 5) is 16.2. The van der Waals surface area contributed by atoms with E-state index in [1.807, 2.05) is 42.8 Å². The van der Waals surface area contributed by atoms with Crippen molar-refractivity contribution in [1.82, 2.24) is 25.7 Å². The summed E-state index contributed by atoms with van der Waals surface area (Å²) in [5.41, 5.74) is 3.93. The lowest BCUT2D eigenvalue weighted by Crippen LogP contribution is -2.37. The van der Waals surface area contributed by atoms with Crippen LogP contribution in [0.4, 0.5) is 0 Å². The zero-order valence-electron chi connectivity index (χ0n) is 16.7. The molecule has 0 radical (unpaired) electrons. The second-order valence-corrected chi connectivity index (χ2v) is 6.42. The fourth-order valence-corrected chi connectivity index (χ4v) is 2.83. The van der Waals surface area contributed by atoms with Gasteiger partial charge < -0.3 is 16.0 Å². The number of carbonyl (C=O) groups excluding carboxylic acids is 1. The number of aryl methyl sites for hydroxylation is 3. The van der Waals surface area contributed by atoms with Crippen LogP contribution in [0, 0.1) is 13.8 Å². The van der Waals surface area contributed by atoms with E-state index >= 15 is 0 Å². The molecule has 0 aliphatic carbocycles. The summed E-state index contributed by atoms with van der Waals surface area (Å²) < 4.78 is 2.03. The van der Waals surface area contributed by atoms with Gasteiger partial charge in [-0.1, -0.05) is 12.1 Å². The minimum Gasteiger partial charge on any atom is -0.356 e. The maximum Gasteiger partial charge on any atom is 0.251 e. The Labute approximate surface area is 161 Å². The van der Waals surface area contributed by atoms with Crippen molar-refractivity contribution in [3.05, 3.63) is 52.8 Å². The highest BCUT2D eigenvalue weighted by molar-refractivity contribution is 5.94. The van der Waals surface area contributed by atoms with Gasteiger partial charge in [0, 0.05) is 44.5 Å². The van der Waals surface area contributed by atoms with Gasteiger partial charge in [0.05, 0.1) is 5.69 Å². The van der Waals surface area contributed by atoms with Gasteiger partial charge in [-0.2, -0.15) is 5.10 Å². The van der Waals surface area contributed by atoms with E-state index in [-0.39, 0.29) is 5.91 Å². The first-order valence-electron chi connectivity index (χ1n) is 9.36. The van der Waals surface area contributed by atoms with Crippen LogP contribution in [-0.2, 0) is 13.1 Å². The fraction of sp³-hybridized carbons (Fsp3) is 0.450. The Hall–Kier alpha value is -2.83. The van der Waals surface area contributed by atoms with Gasteiger partial charge in [0.2, 0.25) is 0 Å². The smallest absolute Gasteiger partial charge is 0.251 e. The van der Waals surface area contributed by atoms with E-state index in [2.05, 4.69) is 39.0 Å². The number of carbonyl (C=O) groups is 1. The number of guanidine groups is 1. The largest absolute Gasteiger partial charge is 0.356 e. The highest BCUT2D eigenvalue weighted by atomic mass is 16.1. The first kappa shape index (κ1) is 20.5. The van der Waals surface area contributed by atoms with Crippen LogP contribution >= 0.6 is 0 Å². The monoisotopic (exact) mass is 370 g/mol. The Morgan fingerprint density at radius 3 is 2.67 bits per heavy atom. The van der Waals surface area contributed by atoms with Gasteiger partial charge in [0.1, 0.15) is 0 Å². The number of amides is 1. The quantitative estimate of drug-likeness (QED) is 0.377. The third-order valence-electron chi connectivity index (χ3n) is 4.15. The van der Waals surface area contributed by atoms with Crippen molar-refractivity contribution >= 4 is 11.9 Å². The lowest BCUT2D eigenvalue weighted by molar-refractivity contribution is 0.0955. The summed E-state index contributed by atoms with van der Waals surface area (Å²) in [6.07, 6.45) is 0.954. The molecule has 1 aromatic carbocycles. The second kappa shape index (κ2) is 10.4. The van der Waals surface area contributed by atoms with Crippen LogP contribution < -0.4 is 16.0 Å². The first-order chi connectivity index (χ1) is 13.0. The lowest BCUT2D eigenvalue weighted by Gasteiger charge is -2.13. The molecule has 1 aromatic heterocycles. The van der Waals surface area contributed by atoms with Gasteiger partial charge in [-0.25, -0.2) is 0 Å². The summed E-state index contributed by atoms with van der Waals surface area (Å²) in [5, 5.41) is 13.9. The predicted octanol–water partition coefficient (Wildman–Crippen LogP) is 2.00. The molecule has 0 atom stereocenters. The SMILES string of the molecule is CCNC(=O)c1cccc(CNC(=NC)NCCCn2nc(C)cc2C)c1. The van der Waals surface area contributed by atoms with E-state index in [1.54, 1.807) is 7.05 Å². The summed E-state index contributed by atoms with van der Waals surface area (Å²) >= 11 is 0. The van der Waals surface area contributed by atoms with E-state index in [1.165, 1.54) is 5.69 Å². The number of hydrogen-bond donors (Lipinski definition) is 3. The molecule has 0 aliphatic heterocycles. The molecule has 3 N–H and O–H groups in total. The first-order valence-corrected chi connectivity index (χ1v) is 9.36. The van der Waals surface area contributed by atoms with Crippen LogP contribution in [0.3, 0.4) is 0 Å². The molecule has 0 aliphatic rings. The van der Waals surface area contributed by atoms with Crippen LogP contribution in [0.5, 0.6) is 0 Å². The van der Waals surface area contributed by atoms with E-state index in [4.69, 9.17) is 0 Å². The maximum atomic E-state index is 11.9. The standard InChI is InChI=1S/C20H30N6O/c1-5-22-19(27)18-9-6-8-17(13-18)14-24-20(21-4)23-10-7-11-26-16(3)12-15(2)25-26/h6,8-9,12-13H,5,7,10-11,14H2,1-4H3,(H,22,27)(H2,21,23,24). The number of benzene rings is 1. The molecule has 0 unspecified atom stereocenters. The van der Waals surface area contributed by atoms with E-state index < -0.39 is 0 Å². The Balaban J connectivity index is 1.77. The number of rotatable bonds is 8. The van der Waals surface area contributed by atoms with Gasteiger partial charge in [-0.3, -0.25) is 14.5 Å². The predicted molar refractivity (Wildman–Crippen MR) is 109 cm³/mol. The minimum absolute atomic E-state index is 0.0500. The molecule has 0 spiro atoms. The fourth-order valence-electron chi connectivity index (χ4n) is 2.83. The normalized spacial score (nSPS) is 11.3. The van der Waals surface area contributed by atoms with Crippen molar-refractivity contribution in [3.63, 3.8) is 0 Å². The summed E-state index contributed by atoms with van der Waals surface area (Å²) in [7, 11) is 1.75. The molecular weight excluding hydrogens is 340 g/mol. The molecule has 0 fully saturated rings. The molecule has 0 saturated heterocycles. The summed E-state index contributed by atoms with van der Waals surface area (Å²) in [6, 6.07) is 9.69. The molecule has 2 aromatic rings. The van der Waals surface area contributed by atoms with Crippen molar-refractivity contribution in [2.24, 2.45) is 4.99 Å². The third kappa shape index (κ3) is 6.44. The molecule has 0 saturated carbocycles. The minimum atomic E-state index is -0.0500. The number of aromatic nitrogens is 2. The zero-order chi connectivity index (χ0) is 19.6. The summed E-state index contributed by atoms with van der Waals surface area (Å²) in [6.45, 7) is 8.89. The number of nitrogens with one attached hydrogen (secondary N) is 3. The van der Waals surface area contributed by atoms with Gasteiger partial charge >= 0.3 is 0 Å². The molecule has 1 heterocycles. The molecule has 2 rings (SSSR count). The van der Waals surface area contributed by atoms with Crippen molar-refractivity contribution in [2.45, 2.75) is 40.3 Å². The Morgan fingerprint density at radius 2 is 2.00 bits per heavy atom. The van der Waals surface area contributed by atoms with Crippen molar-refractivity contribution < 1.29 is 4.79 Å². The van der Waals surface area contributed by atoms with E-state index in [0.717, 1.165) is 36.7 Å². The average molecular weight is 371 g/mol. The maximum absolute atomic E-state index is 11.9. The van der Waals surface area contributed by atoms with Gasteiger partial charge in [0.15, 0.2) is 5.96 Å². The molecule has 1 amide bonds. The van der Waals surface area contributed by atoms with E-state index in [0.29, 0.717) is 18.7 Å². The van der Waals surface area contributed by atoms with Crippen molar-refractivity contribution in [3.8, 4) is 0 Å².